The fourth-order valence-electron chi connectivity index (χ4n) is 1.60. The third-order valence-electron chi connectivity index (χ3n) is 3.45. The van der Waals surface area contributed by atoms with Gasteiger partial charge in [0.15, 0.2) is 5.78 Å². The Kier molecular flexibility index (Phi) is 4.61. The Morgan fingerprint density at radius 2 is 2.17 bits per heavy atom. The molecule has 0 N–H and O–H groups in total. The van der Waals surface area contributed by atoms with E-state index in [1.807, 2.05) is 0 Å². The standard InChI is InChI=1S/C15H20N2O/c1-11(15(2,3)4)8-14(18)13(9-16)12-6-5-7-17-10-12/h5-7,10-11,13H,8H2,1-4H3. The molecule has 3 heteroatoms. The molecule has 0 aliphatic rings. The number of hydrogen-bond donors (Lipinski definition) is 0. The van der Waals surface area contributed by atoms with Gasteiger partial charge in [0.05, 0.1) is 6.07 Å². The number of rotatable bonds is 4. The van der Waals surface area contributed by atoms with E-state index in [1.165, 1.54) is 0 Å². The normalized spacial score (nSPS) is 14.6. The lowest BCUT2D eigenvalue weighted by Gasteiger charge is -2.27. The van der Waals surface area contributed by atoms with E-state index in [0.29, 0.717) is 12.0 Å². The third-order valence-corrected chi connectivity index (χ3v) is 3.45. The summed E-state index contributed by atoms with van der Waals surface area (Å²) in [5.74, 6) is -0.464. The summed E-state index contributed by atoms with van der Waals surface area (Å²) in [6, 6.07) is 5.61. The fraction of sp³-hybridized carbons (Fsp3) is 0.533. The summed E-state index contributed by atoms with van der Waals surface area (Å²) in [5, 5.41) is 9.17. The molecule has 0 aliphatic heterocycles. The van der Waals surface area contributed by atoms with Crippen molar-refractivity contribution >= 4 is 5.78 Å². The van der Waals surface area contributed by atoms with E-state index in [2.05, 4.69) is 38.7 Å². The van der Waals surface area contributed by atoms with Crippen molar-refractivity contribution in [3.8, 4) is 6.07 Å². The van der Waals surface area contributed by atoms with Crippen LogP contribution >= 0.6 is 0 Å². The zero-order valence-corrected chi connectivity index (χ0v) is 11.5. The molecular formula is C15H20N2O. The molecule has 18 heavy (non-hydrogen) atoms. The van der Waals surface area contributed by atoms with Crippen molar-refractivity contribution in [1.29, 1.82) is 5.26 Å². The van der Waals surface area contributed by atoms with Crippen molar-refractivity contribution in [2.45, 2.75) is 40.0 Å². The Hall–Kier alpha value is -1.69. The summed E-state index contributed by atoms with van der Waals surface area (Å²) in [5.41, 5.74) is 0.760. The highest BCUT2D eigenvalue weighted by molar-refractivity contribution is 5.88. The number of nitrogens with zero attached hydrogens (tertiary/aromatic N) is 2. The van der Waals surface area contributed by atoms with Crippen LogP contribution in [0, 0.1) is 22.7 Å². The summed E-state index contributed by atoms with van der Waals surface area (Å²) < 4.78 is 0. The van der Waals surface area contributed by atoms with Crippen LogP contribution < -0.4 is 0 Å². The molecule has 2 atom stereocenters. The van der Waals surface area contributed by atoms with Gasteiger partial charge in [-0.15, -0.1) is 0 Å². The number of carbonyl (C=O) groups excluding carboxylic acids is 1. The van der Waals surface area contributed by atoms with Crippen LogP contribution in [0.3, 0.4) is 0 Å². The highest BCUT2D eigenvalue weighted by Crippen LogP contribution is 2.30. The van der Waals surface area contributed by atoms with E-state index in [4.69, 9.17) is 5.26 Å². The van der Waals surface area contributed by atoms with Crippen molar-refractivity contribution in [2.24, 2.45) is 11.3 Å². The first kappa shape index (κ1) is 14.4. The van der Waals surface area contributed by atoms with Gasteiger partial charge in [-0.1, -0.05) is 33.8 Å². The number of nitriles is 1. The van der Waals surface area contributed by atoms with Crippen LogP contribution in [0.15, 0.2) is 24.5 Å². The maximum absolute atomic E-state index is 12.2. The number of aromatic nitrogens is 1. The number of Topliss-reactive ketones (excluding diaryl/α,β-unsaturated/α-hetero) is 1. The van der Waals surface area contributed by atoms with Gasteiger partial charge in [-0.2, -0.15) is 5.26 Å². The molecule has 0 saturated carbocycles. The molecule has 96 valence electrons. The molecule has 0 aromatic carbocycles. The fourth-order valence-corrected chi connectivity index (χ4v) is 1.60. The van der Waals surface area contributed by atoms with Gasteiger partial charge in [0.25, 0.3) is 0 Å². The predicted molar refractivity (Wildman–Crippen MR) is 70.8 cm³/mol. The first-order valence-corrected chi connectivity index (χ1v) is 6.18. The Bertz CT molecular complexity index is 440. The molecule has 0 saturated heterocycles. The van der Waals surface area contributed by atoms with Crippen molar-refractivity contribution in [2.75, 3.05) is 0 Å². The maximum atomic E-state index is 12.2. The summed E-state index contributed by atoms with van der Waals surface area (Å²) in [6.07, 6.45) is 3.66. The first-order valence-electron chi connectivity index (χ1n) is 6.18. The van der Waals surface area contributed by atoms with Crippen molar-refractivity contribution in [1.82, 2.24) is 4.98 Å². The number of pyridine rings is 1. The second kappa shape index (κ2) is 5.77. The molecule has 0 spiro atoms. The van der Waals surface area contributed by atoms with Gasteiger partial charge in [0.1, 0.15) is 5.92 Å². The lowest BCUT2D eigenvalue weighted by atomic mass is 9.77. The van der Waals surface area contributed by atoms with Crippen LogP contribution in [0.4, 0.5) is 0 Å². The second-order valence-electron chi connectivity index (χ2n) is 5.79. The second-order valence-corrected chi connectivity index (χ2v) is 5.79. The van der Waals surface area contributed by atoms with E-state index in [0.717, 1.165) is 0 Å². The molecule has 0 aliphatic carbocycles. The lowest BCUT2D eigenvalue weighted by Crippen LogP contribution is -2.23. The monoisotopic (exact) mass is 244 g/mol. The van der Waals surface area contributed by atoms with Crippen LogP contribution in [0.25, 0.3) is 0 Å². The van der Waals surface area contributed by atoms with E-state index in [9.17, 15) is 4.79 Å². The topological polar surface area (TPSA) is 53.8 Å². The highest BCUT2D eigenvalue weighted by atomic mass is 16.1. The summed E-state index contributed by atoms with van der Waals surface area (Å²) in [4.78, 5) is 16.1. The minimum Gasteiger partial charge on any atom is -0.298 e. The Morgan fingerprint density at radius 1 is 1.50 bits per heavy atom. The molecule has 1 aromatic rings. The van der Waals surface area contributed by atoms with E-state index in [-0.39, 0.29) is 17.1 Å². The van der Waals surface area contributed by atoms with Gasteiger partial charge in [0.2, 0.25) is 0 Å². The molecule has 0 fully saturated rings. The summed E-state index contributed by atoms with van der Waals surface area (Å²) in [7, 11) is 0. The van der Waals surface area contributed by atoms with E-state index in [1.54, 1.807) is 24.5 Å². The van der Waals surface area contributed by atoms with Gasteiger partial charge >= 0.3 is 0 Å². The third kappa shape index (κ3) is 3.66. The lowest BCUT2D eigenvalue weighted by molar-refractivity contribution is -0.120. The first-order chi connectivity index (χ1) is 8.36. The molecule has 0 radical (unpaired) electrons. The minimum absolute atomic E-state index is 0.0204. The molecule has 0 bridgehead atoms. The zero-order chi connectivity index (χ0) is 13.8. The maximum Gasteiger partial charge on any atom is 0.154 e. The van der Waals surface area contributed by atoms with Gasteiger partial charge in [-0.3, -0.25) is 9.78 Å². The Morgan fingerprint density at radius 3 is 2.61 bits per heavy atom. The minimum atomic E-state index is -0.691. The number of ketones is 1. The van der Waals surface area contributed by atoms with Crippen LogP contribution in [0.2, 0.25) is 0 Å². The quantitative estimate of drug-likeness (QED) is 0.816. The van der Waals surface area contributed by atoms with Gasteiger partial charge in [-0.05, 0) is 23.0 Å². The average molecular weight is 244 g/mol. The summed E-state index contributed by atoms with van der Waals surface area (Å²) in [6.45, 7) is 8.37. The van der Waals surface area contributed by atoms with Crippen LogP contribution in [-0.2, 0) is 4.79 Å². The molecule has 0 amide bonds. The SMILES string of the molecule is CC(CC(=O)C(C#N)c1cccnc1)C(C)(C)C. The smallest absolute Gasteiger partial charge is 0.154 e. The van der Waals surface area contributed by atoms with Crippen LogP contribution in [-0.4, -0.2) is 10.8 Å². The largest absolute Gasteiger partial charge is 0.298 e. The molecule has 1 heterocycles. The van der Waals surface area contributed by atoms with Gasteiger partial charge in [0, 0.05) is 18.8 Å². The molecular weight excluding hydrogens is 224 g/mol. The number of carbonyl (C=O) groups is 1. The Labute approximate surface area is 109 Å². The van der Waals surface area contributed by atoms with Crippen molar-refractivity contribution in [3.63, 3.8) is 0 Å². The Balaban J connectivity index is 2.80. The van der Waals surface area contributed by atoms with Crippen LogP contribution in [0.5, 0.6) is 0 Å². The highest BCUT2D eigenvalue weighted by Gasteiger charge is 2.27. The van der Waals surface area contributed by atoms with E-state index >= 15 is 0 Å². The molecule has 1 rings (SSSR count). The van der Waals surface area contributed by atoms with Gasteiger partial charge in [-0.25, -0.2) is 0 Å². The molecule has 3 nitrogen and oxygen atoms in total. The van der Waals surface area contributed by atoms with Gasteiger partial charge < -0.3 is 0 Å². The average Bonchev–Trinajstić information content (AvgIpc) is 2.30. The molecule has 2 unspecified atom stereocenters. The van der Waals surface area contributed by atoms with Crippen molar-refractivity contribution in [3.05, 3.63) is 30.1 Å². The van der Waals surface area contributed by atoms with Crippen molar-refractivity contribution < 1.29 is 4.79 Å². The zero-order valence-electron chi connectivity index (χ0n) is 11.5. The molecule has 1 aromatic heterocycles. The number of hydrogen-bond acceptors (Lipinski definition) is 3. The van der Waals surface area contributed by atoms with E-state index < -0.39 is 5.92 Å². The predicted octanol–water partition coefficient (Wildman–Crippen LogP) is 3.33. The van der Waals surface area contributed by atoms with Crippen LogP contribution in [0.1, 0.15) is 45.6 Å². The summed E-state index contributed by atoms with van der Waals surface area (Å²) >= 11 is 0.